The van der Waals surface area contributed by atoms with Gasteiger partial charge in [0.15, 0.2) is 0 Å². The molecule has 406 valence electrons. The first kappa shape index (κ1) is 50.5. The van der Waals surface area contributed by atoms with Crippen LogP contribution in [0, 0.1) is 13.8 Å². The van der Waals surface area contributed by atoms with Crippen molar-refractivity contribution in [3.63, 3.8) is 0 Å². The Kier molecular flexibility index (Phi) is 12.3. The number of anilines is 6. The molecule has 4 nitrogen and oxygen atoms in total. The Morgan fingerprint density at radius 2 is 0.547 bits per heavy atom. The van der Waals surface area contributed by atoms with Crippen LogP contribution in [0.25, 0.3) is 121 Å². The number of fused-ring (bicyclic) bond motifs is 8. The standard InChI is InChI=1S/C82H56N2O2/c1-53-49-59(37-45-75(53)83(77-29-11-7-23-69(77)67-27-15-19-57-17-3-5-21-65(57)67)63-41-33-55(34-42-63)61-39-47-81-73(51-61)71-25-9-13-31-79(71)85-81)60-38-46-76(54(2)50-60)84(78-30-12-8-24-70(78)68-28-16-20-58-18-4-6-22-66(58)68)64-43-35-56(36-44-64)62-40-48-82-74(52-62)72-26-10-14-32-80(72)86-82/h3-52H,1-2H3. The lowest BCUT2D eigenvalue weighted by atomic mass is 9.94. The molecular weight excluding hydrogens is 1040 g/mol. The number of benzene rings is 14. The third-order valence-electron chi connectivity index (χ3n) is 17.3. The maximum Gasteiger partial charge on any atom is 0.135 e. The van der Waals surface area contributed by atoms with Crippen molar-refractivity contribution in [2.75, 3.05) is 9.80 Å². The number of furan rings is 2. The van der Waals surface area contributed by atoms with Crippen molar-refractivity contribution in [3.8, 4) is 55.6 Å². The van der Waals surface area contributed by atoms with Crippen LogP contribution in [0.1, 0.15) is 11.1 Å². The summed E-state index contributed by atoms with van der Waals surface area (Å²) in [6.07, 6.45) is 0. The Balaban J connectivity index is 0.792. The minimum atomic E-state index is 0.893. The molecule has 0 amide bonds. The van der Waals surface area contributed by atoms with E-state index in [4.69, 9.17) is 8.83 Å². The topological polar surface area (TPSA) is 32.8 Å². The van der Waals surface area contributed by atoms with Crippen LogP contribution in [0.2, 0.25) is 0 Å². The molecule has 0 aliphatic heterocycles. The highest BCUT2D eigenvalue weighted by molar-refractivity contribution is 6.08. The lowest BCUT2D eigenvalue weighted by Gasteiger charge is -2.30. The molecule has 4 heteroatoms. The average Bonchev–Trinajstić information content (AvgIpc) is 1.76. The molecule has 0 N–H and O–H groups in total. The summed E-state index contributed by atoms with van der Waals surface area (Å²) in [4.78, 5) is 4.88. The fourth-order valence-electron chi connectivity index (χ4n) is 13.1. The maximum absolute atomic E-state index is 6.22. The van der Waals surface area contributed by atoms with Crippen molar-refractivity contribution in [1.82, 2.24) is 0 Å². The summed E-state index contributed by atoms with van der Waals surface area (Å²) in [5.41, 5.74) is 24.0. The predicted octanol–water partition coefficient (Wildman–Crippen LogP) is 23.7. The minimum Gasteiger partial charge on any atom is -0.456 e. The quantitative estimate of drug-likeness (QED) is 0.129. The van der Waals surface area contributed by atoms with E-state index in [0.29, 0.717) is 0 Å². The van der Waals surface area contributed by atoms with Gasteiger partial charge in [-0.3, -0.25) is 0 Å². The van der Waals surface area contributed by atoms with Gasteiger partial charge in [-0.2, -0.15) is 0 Å². The summed E-state index contributed by atoms with van der Waals surface area (Å²) < 4.78 is 12.4. The number of rotatable bonds is 11. The van der Waals surface area contributed by atoms with E-state index in [1.807, 2.05) is 24.3 Å². The van der Waals surface area contributed by atoms with Crippen LogP contribution in [0.5, 0.6) is 0 Å². The van der Waals surface area contributed by atoms with E-state index < -0.39 is 0 Å². The van der Waals surface area contributed by atoms with Crippen LogP contribution in [-0.2, 0) is 0 Å². The Labute approximate surface area is 499 Å². The molecule has 2 aromatic heterocycles. The predicted molar refractivity (Wildman–Crippen MR) is 362 cm³/mol. The molecule has 0 saturated carbocycles. The van der Waals surface area contributed by atoms with Crippen molar-refractivity contribution in [1.29, 1.82) is 0 Å². The van der Waals surface area contributed by atoms with E-state index in [2.05, 4.69) is 303 Å². The van der Waals surface area contributed by atoms with E-state index in [9.17, 15) is 0 Å². The molecule has 0 aliphatic carbocycles. The highest BCUT2D eigenvalue weighted by Crippen LogP contribution is 2.48. The van der Waals surface area contributed by atoms with Gasteiger partial charge in [0.1, 0.15) is 22.3 Å². The molecule has 0 bridgehead atoms. The number of nitrogens with zero attached hydrogens (tertiary/aromatic N) is 2. The van der Waals surface area contributed by atoms with Crippen LogP contribution in [0.3, 0.4) is 0 Å². The molecule has 86 heavy (non-hydrogen) atoms. The zero-order chi connectivity index (χ0) is 57.2. The molecule has 16 aromatic rings. The van der Waals surface area contributed by atoms with E-state index in [1.165, 1.54) is 32.7 Å². The van der Waals surface area contributed by atoms with Crippen molar-refractivity contribution < 1.29 is 8.83 Å². The van der Waals surface area contributed by atoms with Gasteiger partial charge in [0.25, 0.3) is 0 Å². The molecule has 0 unspecified atom stereocenters. The number of aryl methyl sites for hydroxylation is 2. The monoisotopic (exact) mass is 1100 g/mol. The van der Waals surface area contributed by atoms with Crippen molar-refractivity contribution in [2.24, 2.45) is 0 Å². The van der Waals surface area contributed by atoms with Crippen LogP contribution in [0.15, 0.2) is 312 Å². The maximum atomic E-state index is 6.22. The fourth-order valence-corrected chi connectivity index (χ4v) is 13.1. The SMILES string of the molecule is Cc1cc(-c2ccc(N(c3ccc(-c4ccc5oc6ccccc6c5c4)cc3)c3ccccc3-c3cccc4ccccc34)c(C)c2)ccc1N(c1ccc(-c2ccc3oc4ccccc4c3c2)cc1)c1ccccc1-c1cccc2ccccc12. The molecular formula is C82H56N2O2. The summed E-state index contributed by atoms with van der Waals surface area (Å²) >= 11 is 0. The van der Waals surface area contributed by atoms with Gasteiger partial charge in [0, 0.05) is 55.4 Å². The number of para-hydroxylation sites is 4. The van der Waals surface area contributed by atoms with E-state index in [1.54, 1.807) is 0 Å². The van der Waals surface area contributed by atoms with Crippen LogP contribution >= 0.6 is 0 Å². The lowest BCUT2D eigenvalue weighted by Crippen LogP contribution is -2.13. The molecule has 0 atom stereocenters. The molecule has 0 spiro atoms. The largest absolute Gasteiger partial charge is 0.456 e. The number of hydrogen-bond donors (Lipinski definition) is 0. The summed E-state index contributed by atoms with van der Waals surface area (Å²) in [6, 6.07) is 110. The molecule has 0 fully saturated rings. The third kappa shape index (κ3) is 8.78. The van der Waals surface area contributed by atoms with E-state index in [0.717, 1.165) is 134 Å². The van der Waals surface area contributed by atoms with Gasteiger partial charge < -0.3 is 18.6 Å². The van der Waals surface area contributed by atoms with Gasteiger partial charge in [0.05, 0.1) is 11.4 Å². The van der Waals surface area contributed by atoms with Gasteiger partial charge in [-0.1, -0.05) is 206 Å². The van der Waals surface area contributed by atoms with Gasteiger partial charge in [0.2, 0.25) is 0 Å². The van der Waals surface area contributed by atoms with Gasteiger partial charge in [-0.25, -0.2) is 0 Å². The summed E-state index contributed by atoms with van der Waals surface area (Å²) in [5, 5.41) is 9.35. The number of hydrogen-bond acceptors (Lipinski definition) is 4. The van der Waals surface area contributed by atoms with Gasteiger partial charge >= 0.3 is 0 Å². The molecule has 0 aliphatic rings. The summed E-state index contributed by atoms with van der Waals surface area (Å²) in [6.45, 7) is 4.49. The molecule has 2 heterocycles. The zero-order valence-electron chi connectivity index (χ0n) is 47.6. The normalized spacial score (nSPS) is 11.6. The highest BCUT2D eigenvalue weighted by atomic mass is 16.3. The molecule has 0 saturated heterocycles. The third-order valence-corrected chi connectivity index (χ3v) is 17.3. The van der Waals surface area contributed by atoms with Gasteiger partial charge in [-0.05, 0) is 188 Å². The van der Waals surface area contributed by atoms with E-state index >= 15 is 0 Å². The molecule has 16 rings (SSSR count). The average molecular weight is 1100 g/mol. The fraction of sp³-hybridized carbons (Fsp3) is 0.0244. The molecule has 0 radical (unpaired) electrons. The van der Waals surface area contributed by atoms with Crippen molar-refractivity contribution >= 4 is 99.5 Å². The van der Waals surface area contributed by atoms with Crippen LogP contribution < -0.4 is 9.80 Å². The lowest BCUT2D eigenvalue weighted by molar-refractivity contribution is 0.668. The molecule has 14 aromatic carbocycles. The minimum absolute atomic E-state index is 0.893. The second-order valence-corrected chi connectivity index (χ2v) is 22.5. The van der Waals surface area contributed by atoms with Gasteiger partial charge in [-0.15, -0.1) is 0 Å². The Morgan fingerprint density at radius 3 is 0.988 bits per heavy atom. The first-order valence-corrected chi connectivity index (χ1v) is 29.5. The summed E-state index contributed by atoms with van der Waals surface area (Å²) in [5.74, 6) is 0. The Bertz CT molecular complexity index is 4940. The Hall–Kier alpha value is -11.2. The van der Waals surface area contributed by atoms with Crippen molar-refractivity contribution in [2.45, 2.75) is 13.8 Å². The Morgan fingerprint density at radius 1 is 0.221 bits per heavy atom. The first-order chi connectivity index (χ1) is 42.5. The van der Waals surface area contributed by atoms with E-state index in [-0.39, 0.29) is 0 Å². The van der Waals surface area contributed by atoms with Crippen LogP contribution in [0.4, 0.5) is 34.1 Å². The first-order valence-electron chi connectivity index (χ1n) is 29.5. The highest BCUT2D eigenvalue weighted by Gasteiger charge is 2.24. The summed E-state index contributed by atoms with van der Waals surface area (Å²) in [7, 11) is 0. The second kappa shape index (κ2) is 20.9. The zero-order valence-corrected chi connectivity index (χ0v) is 47.6. The van der Waals surface area contributed by atoms with Crippen LogP contribution in [-0.4, -0.2) is 0 Å². The van der Waals surface area contributed by atoms with Crippen molar-refractivity contribution in [3.05, 3.63) is 314 Å². The second-order valence-electron chi connectivity index (χ2n) is 22.5. The smallest absolute Gasteiger partial charge is 0.135 e.